The van der Waals surface area contributed by atoms with Crippen LogP contribution in [0.4, 0.5) is 10.1 Å². The molecule has 5 heterocycles. The lowest BCUT2D eigenvalue weighted by Crippen LogP contribution is -2.56. The van der Waals surface area contributed by atoms with Gasteiger partial charge in [0.15, 0.2) is 5.69 Å². The molecule has 4 amide bonds. The van der Waals surface area contributed by atoms with Crippen LogP contribution in [0.3, 0.4) is 0 Å². The largest absolute Gasteiger partial charge is 0.338 e. The number of hydrogen-bond acceptors (Lipinski definition) is 10. The third-order valence-electron chi connectivity index (χ3n) is 14.9. The molecule has 0 saturated carbocycles. The summed E-state index contributed by atoms with van der Waals surface area (Å²) in [5.74, 6) is -1.11. The molecule has 0 radical (unpaired) electrons. The zero-order valence-corrected chi connectivity index (χ0v) is 43.0. The number of aryl methyl sites for hydroxylation is 2. The number of piperazine rings is 2. The Kier molecular flexibility index (Phi) is 16.1. The molecule has 2 aromatic heterocycles. The quantitative estimate of drug-likeness (QED) is 0.103. The molecule has 386 valence electrons. The number of piperidine rings is 1. The van der Waals surface area contributed by atoms with Crippen molar-refractivity contribution in [3.63, 3.8) is 0 Å². The fourth-order valence-corrected chi connectivity index (χ4v) is 10.9. The second-order valence-corrected chi connectivity index (χ2v) is 20.7. The number of hydrogen-bond donors (Lipinski definition) is 3. The van der Waals surface area contributed by atoms with Crippen molar-refractivity contribution in [3.05, 3.63) is 159 Å². The van der Waals surface area contributed by atoms with Crippen LogP contribution < -0.4 is 16.2 Å². The summed E-state index contributed by atoms with van der Waals surface area (Å²) >= 11 is 0. The first kappa shape index (κ1) is 51.7. The zero-order valence-electron chi connectivity index (χ0n) is 43.0. The first-order valence-corrected chi connectivity index (χ1v) is 25.9. The number of aromatic nitrogens is 3. The molecule has 3 N–H and O–H groups in total. The van der Waals surface area contributed by atoms with E-state index in [2.05, 4.69) is 69.6 Å². The molecule has 3 fully saturated rings. The second-order valence-electron chi connectivity index (χ2n) is 20.7. The molecular weight excluding hydrogens is 936 g/mol. The first-order chi connectivity index (χ1) is 35.7. The van der Waals surface area contributed by atoms with Crippen molar-refractivity contribution >= 4 is 40.1 Å². The molecule has 1 atom stereocenters. The lowest BCUT2D eigenvalue weighted by molar-refractivity contribution is -0.134. The van der Waals surface area contributed by atoms with Crippen LogP contribution >= 0.6 is 0 Å². The van der Waals surface area contributed by atoms with E-state index in [1.165, 1.54) is 11.6 Å². The molecule has 74 heavy (non-hydrogen) atoms. The van der Waals surface area contributed by atoms with E-state index in [4.69, 9.17) is 4.98 Å². The van der Waals surface area contributed by atoms with Crippen LogP contribution in [-0.4, -0.2) is 147 Å². The number of H-pyrrole nitrogens is 1. The van der Waals surface area contributed by atoms with Crippen LogP contribution in [0.25, 0.3) is 21.9 Å². The lowest BCUT2D eigenvalue weighted by Gasteiger charge is -2.47. The SMILES string of the molecule is CCc1cccc(-c2cnc(C(=O)N3CCC(CN4CCN(CC(=O)N5CCN(C(=O)c6cc(Cc7n[nH]c(=O)c8ccccc78)ccc6F)CC5)CC4)CC3(C)C)c(NC(=O)CNCc3cccc(C)c3)c2)c1. The number of amides is 4. The molecule has 3 saturated heterocycles. The van der Waals surface area contributed by atoms with Crippen molar-refractivity contribution in [2.75, 3.05) is 83.9 Å². The third-order valence-corrected chi connectivity index (χ3v) is 14.9. The van der Waals surface area contributed by atoms with Crippen LogP contribution in [0.5, 0.6) is 0 Å². The summed E-state index contributed by atoms with van der Waals surface area (Å²) in [7, 11) is 0. The molecule has 16 heteroatoms. The molecule has 4 aromatic carbocycles. The Morgan fingerprint density at radius 3 is 2.24 bits per heavy atom. The monoisotopic (exact) mass is 1000 g/mol. The van der Waals surface area contributed by atoms with E-state index in [0.717, 1.165) is 74.2 Å². The number of aromatic amines is 1. The zero-order chi connectivity index (χ0) is 51.9. The molecule has 6 aromatic rings. The minimum Gasteiger partial charge on any atom is -0.338 e. The highest BCUT2D eigenvalue weighted by Gasteiger charge is 2.40. The van der Waals surface area contributed by atoms with Gasteiger partial charge in [0, 0.05) is 101 Å². The van der Waals surface area contributed by atoms with Crippen molar-refractivity contribution in [3.8, 4) is 11.1 Å². The Balaban J connectivity index is 0.746. The summed E-state index contributed by atoms with van der Waals surface area (Å²) in [6.45, 7) is 15.2. The van der Waals surface area contributed by atoms with E-state index in [1.54, 1.807) is 40.3 Å². The molecule has 0 aliphatic carbocycles. The summed E-state index contributed by atoms with van der Waals surface area (Å²) in [5, 5.41) is 14.3. The minimum absolute atomic E-state index is 0.0190. The average Bonchev–Trinajstić information content (AvgIpc) is 3.40. The maximum absolute atomic E-state index is 15.1. The molecule has 3 aliphatic rings. The minimum atomic E-state index is -0.611. The van der Waals surface area contributed by atoms with Crippen molar-refractivity contribution < 1.29 is 23.6 Å². The summed E-state index contributed by atoms with van der Waals surface area (Å²) in [6, 6.07) is 29.9. The number of likely N-dealkylation sites (tertiary alicyclic amines) is 1. The highest BCUT2D eigenvalue weighted by Crippen LogP contribution is 2.35. The van der Waals surface area contributed by atoms with Gasteiger partial charge in [-0.25, -0.2) is 14.5 Å². The second kappa shape index (κ2) is 23.0. The van der Waals surface area contributed by atoms with Gasteiger partial charge in [-0.1, -0.05) is 85.3 Å². The number of benzene rings is 4. The Morgan fingerprint density at radius 1 is 0.757 bits per heavy atom. The fraction of sp³-hybridized carbons (Fsp3) is 0.397. The van der Waals surface area contributed by atoms with Gasteiger partial charge in [-0.2, -0.15) is 5.10 Å². The van der Waals surface area contributed by atoms with Crippen LogP contribution in [-0.2, 0) is 29.0 Å². The number of nitrogens with zero attached hydrogens (tertiary/aromatic N) is 7. The topological polar surface area (TPSA) is 167 Å². The Labute approximate surface area is 432 Å². The number of anilines is 1. The van der Waals surface area contributed by atoms with E-state index in [0.29, 0.717) is 85.9 Å². The van der Waals surface area contributed by atoms with Crippen LogP contribution in [0.15, 0.2) is 108 Å². The van der Waals surface area contributed by atoms with Crippen molar-refractivity contribution in [1.29, 1.82) is 0 Å². The van der Waals surface area contributed by atoms with Crippen LogP contribution in [0, 0.1) is 18.7 Å². The van der Waals surface area contributed by atoms with Crippen LogP contribution in [0.1, 0.15) is 82.4 Å². The number of pyridine rings is 1. The van der Waals surface area contributed by atoms with Gasteiger partial charge in [0.2, 0.25) is 11.8 Å². The molecule has 9 rings (SSSR count). The predicted molar refractivity (Wildman–Crippen MR) is 285 cm³/mol. The van der Waals surface area contributed by atoms with E-state index < -0.39 is 17.3 Å². The van der Waals surface area contributed by atoms with Gasteiger partial charge in [0.1, 0.15) is 5.82 Å². The van der Waals surface area contributed by atoms with Crippen LogP contribution in [0.2, 0.25) is 0 Å². The number of rotatable bonds is 15. The molecule has 0 bridgehead atoms. The van der Waals surface area contributed by atoms with Gasteiger partial charge in [-0.15, -0.1) is 0 Å². The van der Waals surface area contributed by atoms with Gasteiger partial charge in [-0.3, -0.25) is 28.9 Å². The normalized spacial score (nSPS) is 17.4. The maximum atomic E-state index is 15.1. The number of carbonyl (C=O) groups is 4. The highest BCUT2D eigenvalue weighted by molar-refractivity contribution is 6.04. The van der Waals surface area contributed by atoms with Gasteiger partial charge in [0.05, 0.1) is 35.4 Å². The standard InChI is InChI=1S/C58H67FN10O5/c1-5-40-11-9-13-44(29-40)45-32-51(62-52(70)36-60-34-42-12-8-10-39(2)28-42)54(61-35-45)57(74)69-19-18-43(33-58(69,3)4)37-65-20-22-66(23-21-65)38-53(71)67-24-26-68(27-25-67)56(73)48-30-41(16-17-49(48)59)31-50-46-14-6-7-15-47(46)55(72)64-63-50/h6-17,28-30,32,35,43,60H,5,18-27,31,33-34,36-38H2,1-4H3,(H,62,70)(H,64,72). The van der Waals surface area contributed by atoms with Crippen molar-refractivity contribution in [1.82, 2.24) is 45.0 Å². The van der Waals surface area contributed by atoms with Gasteiger partial charge in [0.25, 0.3) is 17.4 Å². The summed E-state index contributed by atoms with van der Waals surface area (Å²) < 4.78 is 15.1. The van der Waals surface area contributed by atoms with Crippen molar-refractivity contribution in [2.24, 2.45) is 5.92 Å². The average molecular weight is 1000 g/mol. The maximum Gasteiger partial charge on any atom is 0.275 e. The van der Waals surface area contributed by atoms with E-state index in [1.807, 2.05) is 60.4 Å². The number of fused-ring (bicyclic) bond motifs is 1. The Bertz CT molecular complexity index is 3090. The molecule has 0 spiro atoms. The molecule has 3 aliphatic heterocycles. The Morgan fingerprint density at radius 2 is 1.49 bits per heavy atom. The predicted octanol–water partition coefficient (Wildman–Crippen LogP) is 6.55. The fourth-order valence-electron chi connectivity index (χ4n) is 10.9. The van der Waals surface area contributed by atoms with E-state index >= 15 is 4.39 Å². The molecular formula is C58H67FN10O5. The summed E-state index contributed by atoms with van der Waals surface area (Å²) in [5.41, 5.74) is 6.36. The van der Waals surface area contributed by atoms with Crippen molar-refractivity contribution in [2.45, 2.75) is 65.5 Å². The summed E-state index contributed by atoms with van der Waals surface area (Å²) in [4.78, 5) is 82.2. The number of carbonyl (C=O) groups excluding carboxylic acids is 4. The van der Waals surface area contributed by atoms with Gasteiger partial charge < -0.3 is 30.2 Å². The lowest BCUT2D eigenvalue weighted by atomic mass is 9.82. The molecule has 15 nitrogen and oxygen atoms in total. The van der Waals surface area contributed by atoms with E-state index in [-0.39, 0.29) is 41.1 Å². The first-order valence-electron chi connectivity index (χ1n) is 25.9. The number of halogens is 1. The van der Waals surface area contributed by atoms with E-state index in [9.17, 15) is 24.0 Å². The smallest absolute Gasteiger partial charge is 0.275 e. The Hall–Kier alpha value is -7.14. The van der Waals surface area contributed by atoms with Gasteiger partial charge in [-0.05, 0) is 92.5 Å². The van der Waals surface area contributed by atoms with Gasteiger partial charge >= 0.3 is 0 Å². The number of nitrogens with one attached hydrogen (secondary N) is 3. The highest BCUT2D eigenvalue weighted by atomic mass is 19.1. The third kappa shape index (κ3) is 12.3. The molecule has 1 unspecified atom stereocenters. The summed E-state index contributed by atoms with van der Waals surface area (Å²) in [6.07, 6.45) is 4.56.